The molecule has 1 aliphatic rings. The van der Waals surface area contributed by atoms with Gasteiger partial charge in [-0.3, -0.25) is 9.59 Å². The number of H-pyrrole nitrogens is 1. The van der Waals surface area contributed by atoms with Crippen molar-refractivity contribution in [2.75, 3.05) is 18.0 Å². The highest BCUT2D eigenvalue weighted by atomic mass is 16.2. The van der Waals surface area contributed by atoms with Crippen LogP contribution in [-0.2, 0) is 22.4 Å². The Hall–Kier alpha value is -2.63. The number of aromatic amines is 1. The predicted molar refractivity (Wildman–Crippen MR) is 96.3 cm³/mol. The summed E-state index contributed by atoms with van der Waals surface area (Å²) >= 11 is 0. The number of nitrogens with one attached hydrogen (secondary N) is 2. The van der Waals surface area contributed by atoms with Crippen LogP contribution in [0.5, 0.6) is 0 Å². The van der Waals surface area contributed by atoms with Gasteiger partial charge in [0, 0.05) is 44.0 Å². The van der Waals surface area contributed by atoms with Gasteiger partial charge in [0.05, 0.1) is 5.92 Å². The Morgan fingerprint density at radius 1 is 1.44 bits per heavy atom. The van der Waals surface area contributed by atoms with Crippen molar-refractivity contribution in [1.29, 1.82) is 0 Å². The van der Waals surface area contributed by atoms with Crippen molar-refractivity contribution in [3.8, 4) is 0 Å². The lowest BCUT2D eigenvalue weighted by atomic mass is 10.0. The number of hydrogen-bond acceptors (Lipinski definition) is 3. The van der Waals surface area contributed by atoms with Gasteiger partial charge >= 0.3 is 0 Å². The van der Waals surface area contributed by atoms with Crippen molar-refractivity contribution >= 4 is 17.5 Å². The molecular formula is C19H24N4O2. The first-order valence-electron chi connectivity index (χ1n) is 8.75. The molecule has 132 valence electrons. The molecule has 1 atom stereocenters. The monoisotopic (exact) mass is 340 g/mol. The van der Waals surface area contributed by atoms with E-state index in [1.165, 1.54) is 0 Å². The zero-order valence-electron chi connectivity index (χ0n) is 14.7. The number of nitrogens with zero attached hydrogens (tertiary/aromatic N) is 2. The number of rotatable bonds is 6. The maximum atomic E-state index is 12.5. The number of para-hydroxylation sites is 1. The van der Waals surface area contributed by atoms with Crippen LogP contribution in [0.3, 0.4) is 0 Å². The average molecular weight is 340 g/mol. The molecule has 0 aliphatic carbocycles. The number of imidazole rings is 1. The van der Waals surface area contributed by atoms with Crippen LogP contribution in [0.4, 0.5) is 5.69 Å². The van der Waals surface area contributed by atoms with Crippen LogP contribution < -0.4 is 10.2 Å². The largest absolute Gasteiger partial charge is 0.355 e. The van der Waals surface area contributed by atoms with E-state index >= 15 is 0 Å². The summed E-state index contributed by atoms with van der Waals surface area (Å²) in [4.78, 5) is 33.8. The van der Waals surface area contributed by atoms with E-state index in [1.807, 2.05) is 25.1 Å². The van der Waals surface area contributed by atoms with Crippen LogP contribution >= 0.6 is 0 Å². The molecular weight excluding hydrogens is 316 g/mol. The van der Waals surface area contributed by atoms with Gasteiger partial charge < -0.3 is 15.2 Å². The van der Waals surface area contributed by atoms with E-state index in [-0.39, 0.29) is 24.2 Å². The van der Waals surface area contributed by atoms with E-state index < -0.39 is 0 Å². The molecule has 0 radical (unpaired) electrons. The summed E-state index contributed by atoms with van der Waals surface area (Å²) < 4.78 is 0. The SMILES string of the molecule is CCc1cccc(C)c1N1C[C@H](C(=O)NCCc2ncc[nH]2)CC1=O. The number of anilines is 1. The lowest BCUT2D eigenvalue weighted by Crippen LogP contribution is -2.34. The molecule has 2 amide bonds. The highest BCUT2D eigenvalue weighted by molar-refractivity contribution is 6.01. The number of aromatic nitrogens is 2. The minimum Gasteiger partial charge on any atom is -0.355 e. The summed E-state index contributed by atoms with van der Waals surface area (Å²) in [6.07, 6.45) is 5.24. The molecule has 1 fully saturated rings. The summed E-state index contributed by atoms with van der Waals surface area (Å²) in [7, 11) is 0. The Morgan fingerprint density at radius 2 is 2.28 bits per heavy atom. The van der Waals surface area contributed by atoms with Crippen LogP contribution in [0.15, 0.2) is 30.6 Å². The second-order valence-electron chi connectivity index (χ2n) is 6.42. The Bertz CT molecular complexity index is 755. The van der Waals surface area contributed by atoms with E-state index in [4.69, 9.17) is 0 Å². The van der Waals surface area contributed by atoms with E-state index in [2.05, 4.69) is 22.2 Å². The summed E-state index contributed by atoms with van der Waals surface area (Å²) in [6.45, 7) is 5.06. The smallest absolute Gasteiger partial charge is 0.227 e. The van der Waals surface area contributed by atoms with Crippen LogP contribution in [0.2, 0.25) is 0 Å². The Kier molecular flexibility index (Phi) is 5.16. The Balaban J connectivity index is 1.63. The maximum Gasteiger partial charge on any atom is 0.227 e. The van der Waals surface area contributed by atoms with E-state index in [9.17, 15) is 9.59 Å². The van der Waals surface area contributed by atoms with Crippen molar-refractivity contribution in [3.63, 3.8) is 0 Å². The minimum atomic E-state index is -0.298. The van der Waals surface area contributed by atoms with Crippen molar-refractivity contribution in [1.82, 2.24) is 15.3 Å². The third kappa shape index (κ3) is 3.73. The van der Waals surface area contributed by atoms with E-state index in [1.54, 1.807) is 17.3 Å². The number of carbonyl (C=O) groups excluding carboxylic acids is 2. The Labute approximate surface area is 147 Å². The van der Waals surface area contributed by atoms with Gasteiger partial charge in [0.15, 0.2) is 0 Å². The number of amides is 2. The van der Waals surface area contributed by atoms with Gasteiger partial charge in [-0.25, -0.2) is 4.98 Å². The Morgan fingerprint density at radius 3 is 3.00 bits per heavy atom. The fraction of sp³-hybridized carbons (Fsp3) is 0.421. The molecule has 2 heterocycles. The first kappa shape index (κ1) is 17.2. The molecule has 0 spiro atoms. The minimum absolute atomic E-state index is 0.0233. The fourth-order valence-corrected chi connectivity index (χ4v) is 3.37. The summed E-state index contributed by atoms with van der Waals surface area (Å²) in [6, 6.07) is 6.07. The lowest BCUT2D eigenvalue weighted by molar-refractivity contribution is -0.126. The molecule has 0 unspecified atom stereocenters. The average Bonchev–Trinajstić information content (AvgIpc) is 3.24. The lowest BCUT2D eigenvalue weighted by Gasteiger charge is -2.22. The molecule has 1 saturated heterocycles. The molecule has 0 bridgehead atoms. The maximum absolute atomic E-state index is 12.5. The molecule has 25 heavy (non-hydrogen) atoms. The molecule has 1 aromatic carbocycles. The summed E-state index contributed by atoms with van der Waals surface area (Å²) in [5.74, 6) is 0.509. The number of benzene rings is 1. The van der Waals surface area contributed by atoms with Gasteiger partial charge in [-0.15, -0.1) is 0 Å². The van der Waals surface area contributed by atoms with Gasteiger partial charge in [-0.1, -0.05) is 25.1 Å². The molecule has 0 saturated carbocycles. The zero-order chi connectivity index (χ0) is 17.8. The second kappa shape index (κ2) is 7.51. The van der Waals surface area contributed by atoms with Crippen LogP contribution in [0.1, 0.15) is 30.3 Å². The molecule has 6 heteroatoms. The van der Waals surface area contributed by atoms with Crippen LogP contribution in [0, 0.1) is 12.8 Å². The predicted octanol–water partition coefficient (Wildman–Crippen LogP) is 1.99. The van der Waals surface area contributed by atoms with Gasteiger partial charge in [0.2, 0.25) is 11.8 Å². The van der Waals surface area contributed by atoms with E-state index in [0.29, 0.717) is 19.5 Å². The third-order valence-corrected chi connectivity index (χ3v) is 4.68. The van der Waals surface area contributed by atoms with Crippen LogP contribution in [-0.4, -0.2) is 34.9 Å². The molecule has 1 aliphatic heterocycles. The summed E-state index contributed by atoms with van der Waals surface area (Å²) in [5.41, 5.74) is 3.19. The molecule has 3 rings (SSSR count). The fourth-order valence-electron chi connectivity index (χ4n) is 3.37. The molecule has 2 aromatic rings. The van der Waals surface area contributed by atoms with Crippen molar-refractivity contribution in [3.05, 3.63) is 47.5 Å². The quantitative estimate of drug-likeness (QED) is 0.844. The second-order valence-corrected chi connectivity index (χ2v) is 6.42. The number of aryl methyl sites for hydroxylation is 2. The van der Waals surface area contributed by atoms with Gasteiger partial charge in [0.1, 0.15) is 5.82 Å². The molecule has 2 N–H and O–H groups in total. The van der Waals surface area contributed by atoms with E-state index in [0.717, 1.165) is 29.1 Å². The number of carbonyl (C=O) groups is 2. The van der Waals surface area contributed by atoms with Gasteiger partial charge in [0.25, 0.3) is 0 Å². The first-order valence-corrected chi connectivity index (χ1v) is 8.75. The summed E-state index contributed by atoms with van der Waals surface area (Å²) in [5, 5.41) is 2.92. The topological polar surface area (TPSA) is 78.1 Å². The zero-order valence-corrected chi connectivity index (χ0v) is 14.7. The van der Waals surface area contributed by atoms with Crippen molar-refractivity contribution < 1.29 is 9.59 Å². The van der Waals surface area contributed by atoms with Gasteiger partial charge in [-0.2, -0.15) is 0 Å². The standard InChI is InChI=1S/C19H24N4O2/c1-3-14-6-4-5-13(2)18(14)23-12-15(11-17(23)24)19(25)22-8-7-16-20-9-10-21-16/h4-6,9-10,15H,3,7-8,11-12H2,1-2H3,(H,20,21)(H,22,25)/t15-/m1/s1. The molecule has 6 nitrogen and oxygen atoms in total. The molecule has 1 aromatic heterocycles. The van der Waals surface area contributed by atoms with Crippen molar-refractivity contribution in [2.45, 2.75) is 33.1 Å². The highest BCUT2D eigenvalue weighted by Crippen LogP contribution is 2.31. The third-order valence-electron chi connectivity index (χ3n) is 4.68. The normalized spacial score (nSPS) is 17.1. The van der Waals surface area contributed by atoms with Crippen LogP contribution in [0.25, 0.3) is 0 Å². The number of hydrogen-bond donors (Lipinski definition) is 2. The van der Waals surface area contributed by atoms with Gasteiger partial charge in [-0.05, 0) is 24.5 Å². The highest BCUT2D eigenvalue weighted by Gasteiger charge is 2.36. The van der Waals surface area contributed by atoms with Crippen molar-refractivity contribution in [2.24, 2.45) is 5.92 Å². The first-order chi connectivity index (χ1) is 12.1.